The van der Waals surface area contributed by atoms with E-state index in [4.69, 9.17) is 4.74 Å². The van der Waals surface area contributed by atoms with Crippen molar-refractivity contribution in [3.05, 3.63) is 55.6 Å². The quantitative estimate of drug-likeness (QED) is 0.574. The number of methoxy groups -OCH3 is 1. The fourth-order valence-electron chi connectivity index (χ4n) is 2.01. The van der Waals surface area contributed by atoms with Gasteiger partial charge in [0.15, 0.2) is 0 Å². The Hall–Kier alpha value is -1.28. The first-order chi connectivity index (χ1) is 11.0. The summed E-state index contributed by atoms with van der Waals surface area (Å²) in [4.78, 5) is 11.5. The third-order valence-corrected chi connectivity index (χ3v) is 4.95. The molecule has 2 aromatic carbocycles. The first-order valence-corrected chi connectivity index (χ1v) is 8.96. The van der Waals surface area contributed by atoms with Gasteiger partial charge in [-0.3, -0.25) is 5.32 Å². The largest absolute Gasteiger partial charge is 0.488 e. The summed E-state index contributed by atoms with van der Waals surface area (Å²) in [7, 11) is 1.34. The number of rotatable bonds is 5. The first-order valence-electron chi connectivity index (χ1n) is 7.08. The van der Waals surface area contributed by atoms with Gasteiger partial charge in [-0.05, 0) is 74.8 Å². The maximum absolute atomic E-state index is 11.5. The third-order valence-electron chi connectivity index (χ3n) is 3.32. The maximum Gasteiger partial charge on any atom is 0.411 e. The van der Waals surface area contributed by atoms with Crippen molar-refractivity contribution in [3.63, 3.8) is 0 Å². The highest BCUT2D eigenvalue weighted by atomic mass is 127. The molecule has 6 heteroatoms. The Morgan fingerprint density at radius 1 is 1.30 bits per heavy atom. The highest BCUT2D eigenvalue weighted by molar-refractivity contribution is 14.1. The summed E-state index contributed by atoms with van der Waals surface area (Å²) < 4.78 is 12.5. The SMILES string of the molecule is CCc1ccc(OCc2c(I)cccc2NC(=O)OC)c(Br)c1. The van der Waals surface area contributed by atoms with E-state index in [2.05, 4.69) is 61.6 Å². The number of carbonyl (C=O) groups is 1. The van der Waals surface area contributed by atoms with Gasteiger partial charge in [0.2, 0.25) is 0 Å². The molecular formula is C17H17BrINO3. The van der Waals surface area contributed by atoms with Crippen molar-refractivity contribution in [2.24, 2.45) is 0 Å². The minimum absolute atomic E-state index is 0.350. The molecule has 0 heterocycles. The van der Waals surface area contributed by atoms with E-state index in [1.165, 1.54) is 12.7 Å². The van der Waals surface area contributed by atoms with Crippen LogP contribution in [0, 0.1) is 3.57 Å². The molecule has 0 aromatic heterocycles. The molecule has 0 unspecified atom stereocenters. The van der Waals surface area contributed by atoms with Gasteiger partial charge in [0, 0.05) is 9.13 Å². The maximum atomic E-state index is 11.5. The molecule has 0 atom stereocenters. The van der Waals surface area contributed by atoms with Crippen molar-refractivity contribution in [1.29, 1.82) is 0 Å². The lowest BCUT2D eigenvalue weighted by molar-refractivity contribution is 0.187. The Labute approximate surface area is 157 Å². The standard InChI is InChI=1S/C17H17BrINO3/c1-3-11-7-8-16(13(18)9-11)23-10-12-14(19)5-4-6-15(12)20-17(21)22-2/h4-9H,3,10H2,1-2H3,(H,20,21). The van der Waals surface area contributed by atoms with Gasteiger partial charge in [-0.2, -0.15) is 0 Å². The predicted octanol–water partition coefficient (Wildman–Crippen LogP) is 5.37. The van der Waals surface area contributed by atoms with Crippen molar-refractivity contribution in [3.8, 4) is 5.75 Å². The number of amides is 1. The molecule has 0 bridgehead atoms. The smallest absolute Gasteiger partial charge is 0.411 e. The minimum Gasteiger partial charge on any atom is -0.488 e. The van der Waals surface area contributed by atoms with Crippen molar-refractivity contribution in [2.75, 3.05) is 12.4 Å². The van der Waals surface area contributed by atoms with Gasteiger partial charge in [0.1, 0.15) is 12.4 Å². The van der Waals surface area contributed by atoms with Crippen LogP contribution in [0.5, 0.6) is 5.75 Å². The average Bonchev–Trinajstić information content (AvgIpc) is 2.55. The van der Waals surface area contributed by atoms with Crippen molar-refractivity contribution < 1.29 is 14.3 Å². The summed E-state index contributed by atoms with van der Waals surface area (Å²) in [5.41, 5.74) is 2.83. The molecule has 2 aromatic rings. The zero-order valence-corrected chi connectivity index (χ0v) is 16.6. The predicted molar refractivity (Wildman–Crippen MR) is 103 cm³/mol. The second-order valence-corrected chi connectivity index (χ2v) is 6.81. The fourth-order valence-corrected chi connectivity index (χ4v) is 3.21. The molecule has 2 rings (SSSR count). The number of anilines is 1. The zero-order chi connectivity index (χ0) is 16.8. The van der Waals surface area contributed by atoms with Crippen LogP contribution in [0.3, 0.4) is 0 Å². The molecule has 0 fully saturated rings. The van der Waals surface area contributed by atoms with Crippen LogP contribution in [0.25, 0.3) is 0 Å². The van der Waals surface area contributed by atoms with Gasteiger partial charge in [0.25, 0.3) is 0 Å². The summed E-state index contributed by atoms with van der Waals surface area (Å²) in [5.74, 6) is 0.769. The second kappa shape index (κ2) is 8.54. The Bertz CT molecular complexity index is 706. The van der Waals surface area contributed by atoms with Crippen LogP contribution in [-0.2, 0) is 17.8 Å². The van der Waals surface area contributed by atoms with Gasteiger partial charge < -0.3 is 9.47 Å². The number of hydrogen-bond acceptors (Lipinski definition) is 3. The average molecular weight is 490 g/mol. The lowest BCUT2D eigenvalue weighted by atomic mass is 10.1. The Kier molecular flexibility index (Phi) is 6.71. The number of carbonyl (C=O) groups excluding carboxylic acids is 1. The lowest BCUT2D eigenvalue weighted by Crippen LogP contribution is -2.14. The zero-order valence-electron chi connectivity index (χ0n) is 12.9. The number of ether oxygens (including phenoxy) is 2. The summed E-state index contributed by atoms with van der Waals surface area (Å²) in [5, 5.41) is 2.71. The van der Waals surface area contributed by atoms with E-state index < -0.39 is 6.09 Å². The van der Waals surface area contributed by atoms with E-state index in [-0.39, 0.29) is 0 Å². The molecule has 1 N–H and O–H groups in total. The van der Waals surface area contributed by atoms with Crippen LogP contribution in [0.15, 0.2) is 40.9 Å². The van der Waals surface area contributed by atoms with Crippen molar-refractivity contribution in [1.82, 2.24) is 0 Å². The van der Waals surface area contributed by atoms with E-state index in [9.17, 15) is 4.79 Å². The number of benzene rings is 2. The third kappa shape index (κ3) is 4.84. The summed E-state index contributed by atoms with van der Waals surface area (Å²) >= 11 is 5.76. The lowest BCUT2D eigenvalue weighted by Gasteiger charge is -2.14. The summed E-state index contributed by atoms with van der Waals surface area (Å²) in [6.07, 6.45) is 0.476. The molecule has 0 aliphatic rings. The molecule has 0 aliphatic heterocycles. The van der Waals surface area contributed by atoms with Gasteiger partial charge in [-0.1, -0.05) is 19.1 Å². The van der Waals surface area contributed by atoms with E-state index in [1.54, 1.807) is 0 Å². The first kappa shape index (κ1) is 18.1. The Morgan fingerprint density at radius 2 is 2.09 bits per heavy atom. The topological polar surface area (TPSA) is 47.6 Å². The molecule has 0 radical (unpaired) electrons. The van der Waals surface area contributed by atoms with Crippen LogP contribution in [-0.4, -0.2) is 13.2 Å². The van der Waals surface area contributed by atoms with Crippen LogP contribution >= 0.6 is 38.5 Å². The summed E-state index contributed by atoms with van der Waals surface area (Å²) in [6, 6.07) is 11.7. The second-order valence-electron chi connectivity index (χ2n) is 4.79. The molecule has 23 heavy (non-hydrogen) atoms. The molecule has 4 nitrogen and oxygen atoms in total. The normalized spacial score (nSPS) is 10.3. The van der Waals surface area contributed by atoms with Crippen LogP contribution in [0.2, 0.25) is 0 Å². The molecule has 0 aliphatic carbocycles. The molecule has 122 valence electrons. The highest BCUT2D eigenvalue weighted by Crippen LogP contribution is 2.29. The summed E-state index contributed by atoms with van der Waals surface area (Å²) in [6.45, 7) is 2.46. The molecule has 0 saturated heterocycles. The number of aryl methyl sites for hydroxylation is 1. The minimum atomic E-state index is -0.498. The monoisotopic (exact) mass is 489 g/mol. The fraction of sp³-hybridized carbons (Fsp3) is 0.235. The molecule has 0 saturated carbocycles. The molecular weight excluding hydrogens is 473 g/mol. The van der Waals surface area contributed by atoms with Crippen LogP contribution in [0.1, 0.15) is 18.1 Å². The van der Waals surface area contributed by atoms with Crippen molar-refractivity contribution in [2.45, 2.75) is 20.0 Å². The Morgan fingerprint density at radius 3 is 2.74 bits per heavy atom. The molecule has 0 spiro atoms. The van der Waals surface area contributed by atoms with Gasteiger partial charge in [0.05, 0.1) is 17.3 Å². The van der Waals surface area contributed by atoms with E-state index in [0.29, 0.717) is 12.3 Å². The van der Waals surface area contributed by atoms with Gasteiger partial charge in [-0.25, -0.2) is 4.79 Å². The van der Waals surface area contributed by atoms with Crippen LogP contribution in [0.4, 0.5) is 10.5 Å². The number of nitrogens with one attached hydrogen (secondary N) is 1. The Balaban J connectivity index is 2.18. The van der Waals surface area contributed by atoms with Gasteiger partial charge in [-0.15, -0.1) is 0 Å². The molecule has 1 amide bonds. The van der Waals surface area contributed by atoms with Crippen LogP contribution < -0.4 is 10.1 Å². The van der Waals surface area contributed by atoms with E-state index in [0.717, 1.165) is 25.8 Å². The van der Waals surface area contributed by atoms with E-state index >= 15 is 0 Å². The highest BCUT2D eigenvalue weighted by Gasteiger charge is 2.11. The number of halogens is 2. The van der Waals surface area contributed by atoms with Gasteiger partial charge >= 0.3 is 6.09 Å². The van der Waals surface area contributed by atoms with Crippen molar-refractivity contribution >= 4 is 50.3 Å². The number of hydrogen-bond donors (Lipinski definition) is 1. The van der Waals surface area contributed by atoms with E-state index in [1.807, 2.05) is 30.3 Å².